The van der Waals surface area contributed by atoms with Gasteiger partial charge in [0.15, 0.2) is 0 Å². The molecule has 0 aliphatic carbocycles. The maximum Gasteiger partial charge on any atom is 0.239 e. The van der Waals surface area contributed by atoms with E-state index in [0.29, 0.717) is 23.0 Å². The van der Waals surface area contributed by atoms with E-state index in [0.717, 1.165) is 23.5 Å². The third kappa shape index (κ3) is 4.72. The van der Waals surface area contributed by atoms with Crippen molar-refractivity contribution in [1.82, 2.24) is 9.88 Å². The van der Waals surface area contributed by atoms with Gasteiger partial charge in [-0.15, -0.1) is 11.3 Å². The van der Waals surface area contributed by atoms with Crippen molar-refractivity contribution in [1.29, 1.82) is 0 Å². The quantitative estimate of drug-likeness (QED) is 0.634. The van der Waals surface area contributed by atoms with E-state index >= 15 is 0 Å². The van der Waals surface area contributed by atoms with Crippen molar-refractivity contribution >= 4 is 23.0 Å². The van der Waals surface area contributed by atoms with Crippen LogP contribution < -0.4 is 10.0 Å². The second-order valence-corrected chi connectivity index (χ2v) is 9.96. The molecule has 0 saturated carbocycles. The van der Waals surface area contributed by atoms with E-state index < -0.39 is 17.7 Å². The number of hydrogen-bond donors (Lipinski definition) is 1. The van der Waals surface area contributed by atoms with Crippen molar-refractivity contribution in [2.24, 2.45) is 0 Å². The van der Waals surface area contributed by atoms with Crippen molar-refractivity contribution in [2.75, 3.05) is 27.2 Å². The number of hydrogen-bond acceptors (Lipinski definition) is 5. The molecule has 1 aromatic carbocycles. The number of Topliss-reactive ketones (excluding diaryl/α,β-unsaturated/α-hetero) is 1. The topological polar surface area (TPSA) is 77.8 Å². The Morgan fingerprint density at radius 2 is 1.87 bits per heavy atom. The maximum absolute atomic E-state index is 13.5. The molecule has 0 radical (unpaired) electrons. The number of thiazole rings is 1. The monoisotopic (exact) mass is 441 g/mol. The Morgan fingerprint density at radius 1 is 1.23 bits per heavy atom. The highest BCUT2D eigenvalue weighted by Gasteiger charge is 2.40. The number of carbonyl (C=O) groups excluding carboxylic acids is 2. The minimum atomic E-state index is -0.689. The zero-order valence-corrected chi connectivity index (χ0v) is 19.9. The van der Waals surface area contributed by atoms with Gasteiger partial charge >= 0.3 is 0 Å². The molecule has 0 spiro atoms. The van der Waals surface area contributed by atoms with Crippen molar-refractivity contribution in [3.8, 4) is 0 Å². The van der Waals surface area contributed by atoms with Gasteiger partial charge in [0, 0.05) is 18.5 Å². The van der Waals surface area contributed by atoms with Crippen LogP contribution in [0.3, 0.4) is 0 Å². The van der Waals surface area contributed by atoms with Crippen LogP contribution in [0.5, 0.6) is 0 Å². The molecule has 0 saturated heterocycles. The summed E-state index contributed by atoms with van der Waals surface area (Å²) in [5.74, 6) is -1.28. The van der Waals surface area contributed by atoms with Gasteiger partial charge in [-0.3, -0.25) is 9.59 Å². The minimum Gasteiger partial charge on any atom is -0.868 e. The number of quaternary nitrogens is 1. The molecular weight excluding hydrogens is 410 g/mol. The molecule has 3 rings (SSSR count). The highest BCUT2D eigenvalue weighted by molar-refractivity contribution is 7.14. The lowest BCUT2D eigenvalue weighted by atomic mass is 9.93. The molecule has 31 heavy (non-hydrogen) atoms. The number of amides is 1. The number of benzene rings is 1. The van der Waals surface area contributed by atoms with Crippen LogP contribution in [0.4, 0.5) is 0 Å². The van der Waals surface area contributed by atoms with Gasteiger partial charge in [0.25, 0.3) is 0 Å². The summed E-state index contributed by atoms with van der Waals surface area (Å²) in [6.45, 7) is 9.13. The lowest BCUT2D eigenvalue weighted by molar-refractivity contribution is -0.858. The van der Waals surface area contributed by atoms with E-state index in [9.17, 15) is 14.7 Å². The van der Waals surface area contributed by atoms with Crippen LogP contribution in [-0.2, 0) is 4.79 Å². The summed E-state index contributed by atoms with van der Waals surface area (Å²) in [6.07, 6.45) is 0.752. The summed E-state index contributed by atoms with van der Waals surface area (Å²) in [7, 11) is 4.10. The Balaban J connectivity index is 2.04. The Hall–Kier alpha value is -2.51. The predicted molar refractivity (Wildman–Crippen MR) is 120 cm³/mol. The van der Waals surface area contributed by atoms with E-state index in [4.69, 9.17) is 0 Å². The smallest absolute Gasteiger partial charge is 0.239 e. The van der Waals surface area contributed by atoms with Gasteiger partial charge in [-0.1, -0.05) is 38.1 Å². The first kappa shape index (κ1) is 23.2. The van der Waals surface area contributed by atoms with Gasteiger partial charge in [0.1, 0.15) is 0 Å². The third-order valence-corrected chi connectivity index (χ3v) is 6.71. The molecule has 1 N–H and O–H groups in total. The first-order chi connectivity index (χ1) is 14.6. The Kier molecular flexibility index (Phi) is 6.96. The van der Waals surface area contributed by atoms with Crippen LogP contribution in [0.15, 0.2) is 35.6 Å². The largest absolute Gasteiger partial charge is 0.868 e. The standard InChI is InChI=1S/C24H31N3O3S/c1-14(2)17-8-10-18(11-9-17)20-19(21(28)23-15(3)25-16(4)31-23)22(29)24(30)27(20)13-7-12-26(5)6/h8-11,14,20,29H,7,12-13H2,1-6H3. The summed E-state index contributed by atoms with van der Waals surface area (Å²) in [5, 5.41) is 13.8. The van der Waals surface area contributed by atoms with Gasteiger partial charge < -0.3 is 14.9 Å². The van der Waals surface area contributed by atoms with Crippen molar-refractivity contribution in [3.63, 3.8) is 0 Å². The predicted octanol–water partition coefficient (Wildman–Crippen LogP) is 1.80. The second kappa shape index (κ2) is 9.32. The van der Waals surface area contributed by atoms with E-state index in [2.05, 4.69) is 32.9 Å². The number of aromatic nitrogens is 1. The average Bonchev–Trinajstić information content (AvgIpc) is 3.17. The normalized spacial score (nSPS) is 16.8. The van der Waals surface area contributed by atoms with Crippen LogP contribution in [0.1, 0.15) is 63.7 Å². The number of rotatable bonds is 8. The van der Waals surface area contributed by atoms with Crippen molar-refractivity contribution in [3.05, 3.63) is 62.3 Å². The molecule has 6 nitrogen and oxygen atoms in total. The fraction of sp³-hybridized carbons (Fsp3) is 0.458. The van der Waals surface area contributed by atoms with Crippen LogP contribution >= 0.6 is 11.3 Å². The molecule has 7 heteroatoms. The Morgan fingerprint density at radius 3 is 2.39 bits per heavy atom. The fourth-order valence-electron chi connectivity index (χ4n) is 3.98. The minimum absolute atomic E-state index is 0.0475. The zero-order valence-electron chi connectivity index (χ0n) is 19.1. The molecule has 1 aliphatic heterocycles. The Labute approximate surface area is 188 Å². The molecular formula is C24H31N3O3S. The van der Waals surface area contributed by atoms with Crippen LogP contribution in [0.25, 0.3) is 0 Å². The molecule has 1 aliphatic rings. The van der Waals surface area contributed by atoms with Crippen LogP contribution in [0, 0.1) is 13.8 Å². The first-order valence-corrected chi connectivity index (χ1v) is 11.5. The summed E-state index contributed by atoms with van der Waals surface area (Å²) < 4.78 is 0. The van der Waals surface area contributed by atoms with Gasteiger partial charge in [-0.05, 0) is 36.7 Å². The molecule has 2 aromatic rings. The molecule has 0 fully saturated rings. The first-order valence-electron chi connectivity index (χ1n) is 10.7. The van der Waals surface area contributed by atoms with Gasteiger partial charge in [0.2, 0.25) is 11.7 Å². The van der Waals surface area contributed by atoms with E-state index in [1.54, 1.807) is 11.8 Å². The molecule has 166 valence electrons. The summed E-state index contributed by atoms with van der Waals surface area (Å²) in [5.41, 5.74) is 2.61. The highest BCUT2D eigenvalue weighted by Crippen LogP contribution is 2.39. The number of aryl methyl sites for hydroxylation is 2. The highest BCUT2D eigenvalue weighted by atomic mass is 32.1. The Bertz CT molecular complexity index is 1010. The summed E-state index contributed by atoms with van der Waals surface area (Å²) in [6, 6.07) is 7.24. The molecule has 2 heterocycles. The van der Waals surface area contributed by atoms with Crippen molar-refractivity contribution < 1.29 is 19.6 Å². The number of nitrogens with one attached hydrogen (secondary N) is 1. The average molecular weight is 442 g/mol. The SMILES string of the molecule is Cc1nc(C)c(C(=O)C2=C([O-])C(=O)N(CCC[NH+](C)C)C2c2ccc(C(C)C)cc2)s1. The summed E-state index contributed by atoms with van der Waals surface area (Å²) >= 11 is 1.27. The number of nitrogens with zero attached hydrogens (tertiary/aromatic N) is 2. The third-order valence-electron chi connectivity index (χ3n) is 5.63. The molecule has 1 unspecified atom stereocenters. The number of ketones is 1. The molecule has 1 aromatic heterocycles. The van der Waals surface area contributed by atoms with Gasteiger partial charge in [-0.25, -0.2) is 4.98 Å². The number of carbonyl (C=O) groups is 2. The van der Waals surface area contributed by atoms with Gasteiger partial charge in [-0.2, -0.15) is 0 Å². The van der Waals surface area contributed by atoms with E-state index in [1.165, 1.54) is 21.8 Å². The molecule has 1 atom stereocenters. The van der Waals surface area contributed by atoms with E-state index in [-0.39, 0.29) is 11.4 Å². The lowest BCUT2D eigenvalue weighted by Crippen LogP contribution is -3.05. The molecule has 0 bridgehead atoms. The second-order valence-electron chi connectivity index (χ2n) is 8.75. The van der Waals surface area contributed by atoms with Gasteiger partial charge in [0.05, 0.1) is 42.3 Å². The molecule has 1 amide bonds. The summed E-state index contributed by atoms with van der Waals surface area (Å²) in [4.78, 5) is 34.0. The maximum atomic E-state index is 13.5. The zero-order chi connectivity index (χ0) is 22.9. The van der Waals surface area contributed by atoms with Crippen LogP contribution in [-0.4, -0.2) is 48.8 Å². The van der Waals surface area contributed by atoms with Crippen LogP contribution in [0.2, 0.25) is 0 Å². The lowest BCUT2D eigenvalue weighted by Gasteiger charge is -2.28. The fourth-order valence-corrected chi connectivity index (χ4v) is 4.85. The van der Waals surface area contributed by atoms with E-state index in [1.807, 2.05) is 31.2 Å². The van der Waals surface area contributed by atoms with Crippen molar-refractivity contribution in [2.45, 2.75) is 46.1 Å².